The molecule has 76 valence electrons. The molecule has 1 saturated heterocycles. The smallest absolute Gasteiger partial charge is 0.184 e. The van der Waals surface area contributed by atoms with Gasteiger partial charge in [-0.1, -0.05) is 0 Å². The molecule has 0 aromatic carbocycles. The van der Waals surface area contributed by atoms with Crippen molar-refractivity contribution in [3.63, 3.8) is 0 Å². The van der Waals surface area contributed by atoms with Gasteiger partial charge in [-0.3, -0.25) is 0 Å². The van der Waals surface area contributed by atoms with Gasteiger partial charge in [0.15, 0.2) is 6.29 Å². The molecule has 13 heavy (non-hydrogen) atoms. The van der Waals surface area contributed by atoms with Crippen LogP contribution in [0.2, 0.25) is 0 Å². The molecule has 4 N–H and O–H groups in total. The largest absolute Gasteiger partial charge is 0.547 e. The summed E-state index contributed by atoms with van der Waals surface area (Å²) in [5.41, 5.74) is 0. The highest BCUT2D eigenvalue weighted by Gasteiger charge is 2.43. The molecule has 0 amide bonds. The maximum atomic E-state index is 10.3. The van der Waals surface area contributed by atoms with Crippen LogP contribution in [0.3, 0.4) is 0 Å². The second kappa shape index (κ2) is 3.56. The lowest BCUT2D eigenvalue weighted by Gasteiger charge is -2.38. The van der Waals surface area contributed by atoms with E-state index in [0.29, 0.717) is 0 Å². The van der Waals surface area contributed by atoms with Crippen LogP contribution in [0, 0.1) is 0 Å². The van der Waals surface area contributed by atoms with Gasteiger partial charge >= 0.3 is 0 Å². The van der Waals surface area contributed by atoms with Crippen LogP contribution in [0.15, 0.2) is 0 Å². The van der Waals surface area contributed by atoms with Crippen LogP contribution < -0.4 is 5.11 Å². The van der Waals surface area contributed by atoms with Gasteiger partial charge in [-0.25, -0.2) is 0 Å². The zero-order valence-corrected chi connectivity index (χ0v) is 6.40. The van der Waals surface area contributed by atoms with Crippen molar-refractivity contribution in [1.29, 1.82) is 0 Å². The van der Waals surface area contributed by atoms with E-state index >= 15 is 0 Å². The van der Waals surface area contributed by atoms with Crippen molar-refractivity contribution in [2.45, 2.75) is 30.7 Å². The highest BCUT2D eigenvalue weighted by molar-refractivity contribution is 5.71. The van der Waals surface area contributed by atoms with Crippen molar-refractivity contribution < 1.29 is 35.1 Å². The molecule has 0 aromatic rings. The minimum atomic E-state index is -1.85. The first-order chi connectivity index (χ1) is 5.95. The van der Waals surface area contributed by atoms with E-state index in [2.05, 4.69) is 4.74 Å². The SMILES string of the molecule is O=C([O-])C1O[C@@H](O)C(O)[C@@H](O)[C@@H]1O. The molecule has 7 heteroatoms. The lowest BCUT2D eigenvalue weighted by molar-refractivity contribution is -0.345. The van der Waals surface area contributed by atoms with Crippen LogP contribution in [0.1, 0.15) is 0 Å². The van der Waals surface area contributed by atoms with Crippen LogP contribution in [0.5, 0.6) is 0 Å². The third-order valence-corrected chi connectivity index (χ3v) is 1.82. The molecule has 0 saturated carbocycles. The second-order valence-electron chi connectivity index (χ2n) is 2.74. The Bertz CT molecular complexity index is 205. The predicted molar refractivity (Wildman–Crippen MR) is 33.9 cm³/mol. The van der Waals surface area contributed by atoms with Crippen molar-refractivity contribution in [2.75, 3.05) is 0 Å². The van der Waals surface area contributed by atoms with Gasteiger partial charge in [0, 0.05) is 0 Å². The number of rotatable bonds is 1. The molecular formula is C6H9O7-. The fourth-order valence-electron chi connectivity index (χ4n) is 1.06. The van der Waals surface area contributed by atoms with Crippen molar-refractivity contribution in [1.82, 2.24) is 0 Å². The fraction of sp³-hybridized carbons (Fsp3) is 0.833. The van der Waals surface area contributed by atoms with Crippen molar-refractivity contribution >= 4 is 5.97 Å². The first kappa shape index (κ1) is 10.4. The second-order valence-corrected chi connectivity index (χ2v) is 2.74. The normalized spacial score (nSPS) is 46.0. The average Bonchev–Trinajstić information content (AvgIpc) is 2.07. The topological polar surface area (TPSA) is 130 Å². The first-order valence-electron chi connectivity index (χ1n) is 3.53. The average molecular weight is 193 g/mol. The number of aliphatic hydroxyl groups is 4. The van der Waals surface area contributed by atoms with Crippen LogP contribution in [0.25, 0.3) is 0 Å². The van der Waals surface area contributed by atoms with Gasteiger partial charge in [0.2, 0.25) is 0 Å². The van der Waals surface area contributed by atoms with E-state index in [9.17, 15) is 9.90 Å². The molecular weight excluding hydrogens is 184 g/mol. The molecule has 1 rings (SSSR count). The number of aliphatic hydroxyl groups excluding tert-OH is 4. The molecule has 0 aliphatic carbocycles. The summed E-state index contributed by atoms with van der Waals surface area (Å²) in [5, 5.41) is 46.1. The lowest BCUT2D eigenvalue weighted by Crippen LogP contribution is -2.62. The van der Waals surface area contributed by atoms with E-state index in [4.69, 9.17) is 20.4 Å². The van der Waals surface area contributed by atoms with E-state index in [1.54, 1.807) is 0 Å². The molecule has 0 bridgehead atoms. The Morgan fingerprint density at radius 2 is 1.62 bits per heavy atom. The Labute approximate surface area is 72.8 Å². The maximum Gasteiger partial charge on any atom is 0.184 e. The van der Waals surface area contributed by atoms with Crippen LogP contribution in [0.4, 0.5) is 0 Å². The van der Waals surface area contributed by atoms with E-state index < -0.39 is 36.7 Å². The monoisotopic (exact) mass is 193 g/mol. The summed E-state index contributed by atoms with van der Waals surface area (Å²) in [5.74, 6) is -1.77. The molecule has 0 spiro atoms. The number of aliphatic carboxylic acids is 1. The highest BCUT2D eigenvalue weighted by atomic mass is 16.6. The summed E-state index contributed by atoms with van der Waals surface area (Å²) in [7, 11) is 0. The van der Waals surface area contributed by atoms with Gasteiger partial charge < -0.3 is 35.1 Å². The molecule has 1 aliphatic rings. The zero-order chi connectivity index (χ0) is 10.2. The van der Waals surface area contributed by atoms with E-state index in [0.717, 1.165) is 0 Å². The van der Waals surface area contributed by atoms with Gasteiger partial charge in [-0.15, -0.1) is 0 Å². The molecule has 1 aliphatic heterocycles. The van der Waals surface area contributed by atoms with Crippen molar-refractivity contribution in [3.05, 3.63) is 0 Å². The number of carbonyl (C=O) groups is 1. The quantitative estimate of drug-likeness (QED) is 0.330. The fourth-order valence-corrected chi connectivity index (χ4v) is 1.06. The summed E-state index contributed by atoms with van der Waals surface area (Å²) in [6, 6.07) is 0. The van der Waals surface area contributed by atoms with Gasteiger partial charge in [0.1, 0.15) is 24.4 Å². The molecule has 2 unspecified atom stereocenters. The Morgan fingerprint density at radius 3 is 2.08 bits per heavy atom. The van der Waals surface area contributed by atoms with Crippen molar-refractivity contribution in [3.8, 4) is 0 Å². The molecule has 1 fully saturated rings. The Hall–Kier alpha value is -0.730. The Balaban J connectivity index is 2.76. The number of carboxylic acid groups (broad SMARTS) is 1. The van der Waals surface area contributed by atoms with E-state index in [-0.39, 0.29) is 0 Å². The number of hydrogen-bond donors (Lipinski definition) is 4. The Kier molecular flexibility index (Phi) is 2.84. The van der Waals surface area contributed by atoms with Gasteiger partial charge in [-0.2, -0.15) is 0 Å². The number of carboxylic acids is 1. The van der Waals surface area contributed by atoms with Crippen LogP contribution >= 0.6 is 0 Å². The van der Waals surface area contributed by atoms with Gasteiger partial charge in [0.25, 0.3) is 0 Å². The zero-order valence-electron chi connectivity index (χ0n) is 6.40. The molecule has 0 aromatic heterocycles. The van der Waals surface area contributed by atoms with E-state index in [1.165, 1.54) is 0 Å². The summed E-state index contributed by atoms with van der Waals surface area (Å²) in [4.78, 5) is 10.3. The summed E-state index contributed by atoms with van der Waals surface area (Å²) < 4.78 is 4.28. The highest BCUT2D eigenvalue weighted by Crippen LogP contribution is 2.19. The molecule has 5 atom stereocenters. The minimum Gasteiger partial charge on any atom is -0.547 e. The van der Waals surface area contributed by atoms with Gasteiger partial charge in [0.05, 0.1) is 5.97 Å². The number of carbonyl (C=O) groups excluding carboxylic acids is 1. The minimum absolute atomic E-state index is 1.73. The number of ether oxygens (including phenoxy) is 1. The lowest BCUT2D eigenvalue weighted by atomic mass is 9.99. The predicted octanol–water partition coefficient (Wildman–Crippen LogP) is -4.46. The van der Waals surface area contributed by atoms with Crippen LogP contribution in [-0.4, -0.2) is 57.1 Å². The standard InChI is InChI=1S/C6H10O7/c7-1-2(8)4(5(10)11)13-6(12)3(1)9/h1-4,6-9,12H,(H,10,11)/p-1/t1-,2-,3?,4?,6+/m0/s1. The molecule has 1 heterocycles. The maximum absolute atomic E-state index is 10.3. The van der Waals surface area contributed by atoms with Crippen molar-refractivity contribution in [2.24, 2.45) is 0 Å². The summed E-state index contributed by atoms with van der Waals surface area (Å²) >= 11 is 0. The third-order valence-electron chi connectivity index (χ3n) is 1.82. The molecule has 0 radical (unpaired) electrons. The number of hydrogen-bond acceptors (Lipinski definition) is 7. The van der Waals surface area contributed by atoms with Crippen LogP contribution in [-0.2, 0) is 9.53 Å². The third kappa shape index (κ3) is 1.79. The first-order valence-corrected chi connectivity index (χ1v) is 3.53. The van der Waals surface area contributed by atoms with E-state index in [1.807, 2.05) is 0 Å². The van der Waals surface area contributed by atoms with Gasteiger partial charge in [-0.05, 0) is 0 Å². The summed E-state index contributed by atoms with van der Waals surface area (Å²) in [6.07, 6.45) is -9.00. The molecule has 7 nitrogen and oxygen atoms in total. The Morgan fingerprint density at radius 1 is 1.08 bits per heavy atom. The summed E-state index contributed by atoms with van der Waals surface area (Å²) in [6.45, 7) is 0.